The van der Waals surface area contributed by atoms with Crippen LogP contribution in [0.15, 0.2) is 66.7 Å². The molecule has 3 N–H and O–H groups in total. The zero-order valence-electron chi connectivity index (χ0n) is 17.5. The van der Waals surface area contributed by atoms with Gasteiger partial charge < -0.3 is 20.3 Å². The number of carboxylic acid groups (broad SMARTS) is 1. The van der Waals surface area contributed by atoms with Crippen LogP contribution in [-0.2, 0) is 17.8 Å². The minimum atomic E-state index is -0.890. The molecule has 3 aromatic carbocycles. The van der Waals surface area contributed by atoms with Crippen LogP contribution >= 0.6 is 0 Å². The predicted molar refractivity (Wildman–Crippen MR) is 117 cm³/mol. The number of hydrogen-bond acceptors (Lipinski definition) is 4. The van der Waals surface area contributed by atoms with Gasteiger partial charge in [0, 0.05) is 6.54 Å². The third-order valence-corrected chi connectivity index (χ3v) is 5.06. The molecule has 6 nitrogen and oxygen atoms in total. The predicted octanol–water partition coefficient (Wildman–Crippen LogP) is 4.91. The van der Waals surface area contributed by atoms with Crippen molar-refractivity contribution in [1.82, 2.24) is 5.32 Å². The van der Waals surface area contributed by atoms with Crippen LogP contribution in [0.2, 0.25) is 0 Å². The van der Waals surface area contributed by atoms with Gasteiger partial charge in [-0.05, 0) is 72.5 Å². The topological polar surface area (TPSA) is 95.9 Å². The molecule has 0 bridgehead atoms. The van der Waals surface area contributed by atoms with Crippen molar-refractivity contribution in [2.75, 3.05) is 0 Å². The second-order valence-corrected chi connectivity index (χ2v) is 7.38. The van der Waals surface area contributed by atoms with E-state index in [0.717, 1.165) is 5.56 Å². The number of ether oxygens (including phenoxy) is 1. The third-order valence-electron chi connectivity index (χ3n) is 5.06. The minimum Gasteiger partial charge on any atom is -0.507 e. The fourth-order valence-corrected chi connectivity index (χ4v) is 3.17. The van der Waals surface area contributed by atoms with Gasteiger partial charge in [-0.15, -0.1) is 0 Å². The van der Waals surface area contributed by atoms with Crippen molar-refractivity contribution >= 4 is 11.9 Å². The Morgan fingerprint density at radius 2 is 1.56 bits per heavy atom. The number of amides is 1. The van der Waals surface area contributed by atoms with Crippen LogP contribution in [0.3, 0.4) is 0 Å². The Balaban J connectivity index is 1.60. The van der Waals surface area contributed by atoms with Crippen molar-refractivity contribution in [3.8, 4) is 17.2 Å². The highest BCUT2D eigenvalue weighted by atomic mass is 19.1. The smallest absolute Gasteiger partial charge is 0.306 e. The lowest BCUT2D eigenvalue weighted by molar-refractivity contribution is -0.141. The van der Waals surface area contributed by atoms with Gasteiger partial charge in [-0.2, -0.15) is 0 Å². The van der Waals surface area contributed by atoms with Crippen LogP contribution in [0, 0.1) is 11.7 Å². The number of rotatable bonds is 9. The fraction of sp³-hybridized carbons (Fsp3) is 0.200. The molecule has 1 amide bonds. The van der Waals surface area contributed by atoms with Crippen molar-refractivity contribution in [3.63, 3.8) is 0 Å². The summed E-state index contributed by atoms with van der Waals surface area (Å²) in [4.78, 5) is 23.8. The first-order valence-electron chi connectivity index (χ1n) is 10.2. The van der Waals surface area contributed by atoms with Gasteiger partial charge in [0.05, 0.1) is 11.5 Å². The van der Waals surface area contributed by atoms with E-state index in [4.69, 9.17) is 4.74 Å². The lowest BCUT2D eigenvalue weighted by atomic mass is 9.95. The standard InChI is InChI=1S/C25H24FNO5/c1-2-18(25(30)31)13-17-5-12-23(28)22(14-17)24(29)27-15-16-3-8-20(9-4-16)32-21-10-6-19(26)7-11-21/h3-12,14,18,28H,2,13,15H2,1H3,(H,27,29)(H,30,31)/t18-/m0/s1. The van der Waals surface area contributed by atoms with E-state index < -0.39 is 17.8 Å². The normalized spacial score (nSPS) is 11.6. The number of nitrogens with one attached hydrogen (secondary N) is 1. The number of carboxylic acids is 1. The Morgan fingerprint density at radius 1 is 0.969 bits per heavy atom. The average molecular weight is 437 g/mol. The zero-order chi connectivity index (χ0) is 23.1. The van der Waals surface area contributed by atoms with Crippen LogP contribution in [0.4, 0.5) is 4.39 Å². The highest BCUT2D eigenvalue weighted by Crippen LogP contribution is 2.23. The largest absolute Gasteiger partial charge is 0.507 e. The Kier molecular flexibility index (Phi) is 7.44. The van der Waals surface area contributed by atoms with E-state index in [1.165, 1.54) is 36.4 Å². The van der Waals surface area contributed by atoms with Crippen molar-refractivity contribution in [3.05, 3.63) is 89.2 Å². The van der Waals surface area contributed by atoms with E-state index in [-0.39, 0.29) is 30.1 Å². The van der Waals surface area contributed by atoms with Gasteiger partial charge >= 0.3 is 5.97 Å². The van der Waals surface area contributed by atoms with Crippen LogP contribution in [0.5, 0.6) is 17.2 Å². The summed E-state index contributed by atoms with van der Waals surface area (Å²) in [6, 6.07) is 17.3. The molecular weight excluding hydrogens is 413 g/mol. The maximum atomic E-state index is 13.0. The summed E-state index contributed by atoms with van der Waals surface area (Å²) in [6.45, 7) is 2.02. The highest BCUT2D eigenvalue weighted by molar-refractivity contribution is 5.97. The number of aromatic hydroxyl groups is 1. The molecule has 0 aliphatic carbocycles. The molecular formula is C25H24FNO5. The SMILES string of the molecule is CC[C@@H](Cc1ccc(O)c(C(=O)NCc2ccc(Oc3ccc(F)cc3)cc2)c1)C(=O)O. The number of phenolic OH excluding ortho intramolecular Hbond substituents is 1. The summed E-state index contributed by atoms with van der Waals surface area (Å²) in [7, 11) is 0. The first-order valence-corrected chi connectivity index (χ1v) is 10.2. The monoisotopic (exact) mass is 437 g/mol. The molecule has 3 rings (SSSR count). The number of carbonyl (C=O) groups excluding carboxylic acids is 1. The van der Waals surface area contributed by atoms with Gasteiger partial charge in [0.15, 0.2) is 0 Å². The zero-order valence-corrected chi connectivity index (χ0v) is 17.5. The molecule has 1 atom stereocenters. The summed E-state index contributed by atoms with van der Waals surface area (Å²) in [5, 5.41) is 22.1. The maximum Gasteiger partial charge on any atom is 0.306 e. The van der Waals surface area contributed by atoms with Crippen molar-refractivity contribution in [2.24, 2.45) is 5.92 Å². The summed E-state index contributed by atoms with van der Waals surface area (Å²) >= 11 is 0. The Labute approximate surface area is 185 Å². The van der Waals surface area contributed by atoms with Gasteiger partial charge in [-0.1, -0.05) is 25.1 Å². The summed E-state index contributed by atoms with van der Waals surface area (Å²) in [5.74, 6) is -1.33. The molecule has 166 valence electrons. The number of carbonyl (C=O) groups is 2. The van der Waals surface area contributed by atoms with E-state index in [1.54, 1.807) is 37.3 Å². The Bertz CT molecular complexity index is 1080. The molecule has 0 aliphatic heterocycles. The number of halogens is 1. The summed E-state index contributed by atoms with van der Waals surface area (Å²) in [6.07, 6.45) is 0.751. The fourth-order valence-electron chi connectivity index (χ4n) is 3.17. The quantitative estimate of drug-likeness (QED) is 0.442. The van der Waals surface area contributed by atoms with Gasteiger partial charge in [-0.3, -0.25) is 9.59 Å². The molecule has 0 saturated heterocycles. The molecule has 0 unspecified atom stereocenters. The number of phenols is 1. The van der Waals surface area contributed by atoms with Gasteiger partial charge in [0.1, 0.15) is 23.1 Å². The Morgan fingerprint density at radius 3 is 2.16 bits per heavy atom. The number of benzene rings is 3. The van der Waals surface area contributed by atoms with E-state index in [0.29, 0.717) is 23.5 Å². The molecule has 32 heavy (non-hydrogen) atoms. The first kappa shape index (κ1) is 22.8. The van der Waals surface area contributed by atoms with Crippen molar-refractivity contribution in [2.45, 2.75) is 26.3 Å². The lowest BCUT2D eigenvalue weighted by Gasteiger charge is -2.12. The molecule has 0 spiro atoms. The third kappa shape index (κ3) is 6.07. The molecule has 0 saturated carbocycles. The summed E-state index contributed by atoms with van der Waals surface area (Å²) in [5.41, 5.74) is 1.58. The number of hydrogen-bond donors (Lipinski definition) is 3. The lowest BCUT2D eigenvalue weighted by Crippen LogP contribution is -2.23. The Hall–Kier alpha value is -3.87. The van der Waals surface area contributed by atoms with Gasteiger partial charge in [0.25, 0.3) is 5.91 Å². The van der Waals surface area contributed by atoms with Gasteiger partial charge in [0.2, 0.25) is 0 Å². The number of aliphatic carboxylic acids is 1. The van der Waals surface area contributed by atoms with Crippen LogP contribution in [-0.4, -0.2) is 22.1 Å². The van der Waals surface area contributed by atoms with E-state index >= 15 is 0 Å². The van der Waals surface area contributed by atoms with Crippen molar-refractivity contribution in [1.29, 1.82) is 0 Å². The minimum absolute atomic E-state index is 0.0963. The summed E-state index contributed by atoms with van der Waals surface area (Å²) < 4.78 is 18.6. The van der Waals surface area contributed by atoms with E-state index in [2.05, 4.69) is 5.32 Å². The molecule has 0 heterocycles. The van der Waals surface area contributed by atoms with Crippen molar-refractivity contribution < 1.29 is 28.9 Å². The second kappa shape index (κ2) is 10.4. The average Bonchev–Trinajstić information content (AvgIpc) is 2.79. The van der Waals surface area contributed by atoms with Gasteiger partial charge in [-0.25, -0.2) is 4.39 Å². The molecule has 0 aliphatic rings. The molecule has 3 aromatic rings. The molecule has 0 aromatic heterocycles. The van der Waals surface area contributed by atoms with Crippen LogP contribution < -0.4 is 10.1 Å². The molecule has 0 fully saturated rings. The van der Waals surface area contributed by atoms with E-state index in [9.17, 15) is 24.2 Å². The van der Waals surface area contributed by atoms with Crippen LogP contribution in [0.25, 0.3) is 0 Å². The first-order chi connectivity index (χ1) is 15.4. The second-order valence-electron chi connectivity index (χ2n) is 7.38. The molecule has 0 radical (unpaired) electrons. The molecule has 7 heteroatoms. The van der Waals surface area contributed by atoms with E-state index in [1.807, 2.05) is 0 Å². The maximum absolute atomic E-state index is 13.0. The highest BCUT2D eigenvalue weighted by Gasteiger charge is 2.18. The van der Waals surface area contributed by atoms with Crippen LogP contribution in [0.1, 0.15) is 34.8 Å².